The smallest absolute Gasteiger partial charge is 0.306 e. The van der Waals surface area contributed by atoms with Crippen LogP contribution in [0.2, 0.25) is 0 Å². The first-order valence-corrected chi connectivity index (χ1v) is 11.0. The highest BCUT2D eigenvalue weighted by Gasteiger charge is 2.77. The van der Waals surface area contributed by atoms with Gasteiger partial charge in [0.05, 0.1) is 19.7 Å². The average Bonchev–Trinajstić information content (AvgIpc) is 3.33. The summed E-state index contributed by atoms with van der Waals surface area (Å²) in [5, 5.41) is 16.6. The van der Waals surface area contributed by atoms with Crippen LogP contribution in [0, 0.1) is 5.92 Å². The number of carbonyl (C=O) groups is 2. The number of halogens is 1. The van der Waals surface area contributed by atoms with Gasteiger partial charge in [-0.25, -0.2) is 0 Å². The van der Waals surface area contributed by atoms with Crippen LogP contribution in [-0.4, -0.2) is 33.7 Å². The summed E-state index contributed by atoms with van der Waals surface area (Å²) in [6.07, 6.45) is 1.47. The van der Waals surface area contributed by atoms with E-state index in [1.54, 1.807) is 13.2 Å². The van der Waals surface area contributed by atoms with Gasteiger partial charge in [-0.3, -0.25) is 14.3 Å². The lowest BCUT2D eigenvalue weighted by atomic mass is 9.71. The number of ether oxygens (including phenoxy) is 2. The molecule has 0 radical (unpaired) electrons. The molecule has 32 heavy (non-hydrogen) atoms. The summed E-state index contributed by atoms with van der Waals surface area (Å²) in [4.78, 5) is 26.3. The number of ketones is 1. The zero-order chi connectivity index (χ0) is 22.7. The largest absolute Gasteiger partial charge is 0.474 e. The molecule has 1 aliphatic carbocycles. The Balaban J connectivity index is 1.82. The molecule has 1 aliphatic heterocycles. The van der Waals surface area contributed by atoms with Gasteiger partial charge in [-0.05, 0) is 23.3 Å². The average molecular weight is 497 g/mol. The van der Waals surface area contributed by atoms with E-state index in [0.29, 0.717) is 11.3 Å². The van der Waals surface area contributed by atoms with Crippen LogP contribution >= 0.6 is 15.9 Å². The molecule has 3 aromatic rings. The van der Waals surface area contributed by atoms with E-state index >= 15 is 0 Å². The SMILES string of the molecule is COC(=O)C[C@H]1C(=O)[C@@]2(O)c3nn(C)cc3O[C@@]2(c2ccc(Br)cc2)[C@@H]1c1ccccc1. The van der Waals surface area contributed by atoms with E-state index < -0.39 is 34.8 Å². The van der Waals surface area contributed by atoms with E-state index in [1.165, 1.54) is 11.8 Å². The molecule has 5 rings (SSSR count). The predicted octanol–water partition coefficient (Wildman–Crippen LogP) is 3.20. The van der Waals surface area contributed by atoms with Crippen molar-refractivity contribution >= 4 is 27.7 Å². The van der Waals surface area contributed by atoms with Gasteiger partial charge in [-0.15, -0.1) is 0 Å². The third kappa shape index (κ3) is 2.66. The van der Waals surface area contributed by atoms with Crippen LogP contribution in [0.4, 0.5) is 0 Å². The lowest BCUT2D eigenvalue weighted by Gasteiger charge is -2.39. The molecule has 2 heterocycles. The summed E-state index contributed by atoms with van der Waals surface area (Å²) >= 11 is 3.45. The summed E-state index contributed by atoms with van der Waals surface area (Å²) in [5.41, 5.74) is -1.99. The Labute approximate surface area is 193 Å². The van der Waals surface area contributed by atoms with Crippen molar-refractivity contribution in [3.8, 4) is 5.75 Å². The number of benzene rings is 2. The molecular formula is C24H21BrN2O5. The number of fused-ring (bicyclic) bond motifs is 3. The van der Waals surface area contributed by atoms with Crippen LogP contribution in [-0.2, 0) is 32.6 Å². The fourth-order valence-electron chi connectivity index (χ4n) is 5.25. The molecule has 0 bridgehead atoms. The van der Waals surface area contributed by atoms with Gasteiger partial charge in [-0.2, -0.15) is 5.10 Å². The van der Waals surface area contributed by atoms with Gasteiger partial charge in [0.15, 0.2) is 17.1 Å². The first kappa shape index (κ1) is 20.9. The molecule has 1 N–H and O–H groups in total. The van der Waals surface area contributed by atoms with Gasteiger partial charge in [0.25, 0.3) is 0 Å². The number of esters is 1. The number of aliphatic hydroxyl groups is 1. The molecule has 164 valence electrons. The molecule has 8 heteroatoms. The minimum Gasteiger partial charge on any atom is -0.474 e. The molecule has 2 aliphatic rings. The standard InChI is InChI=1S/C24H21BrN2O5/c1-27-13-18-21(26-27)23(30)22(29)17(12-19(28)31-2)20(14-6-4-3-5-7-14)24(23,32-18)15-8-10-16(25)11-9-15/h3-11,13,17,20,30H,12H2,1-2H3/t17-,20-,23+,24+/m1/s1. The zero-order valence-corrected chi connectivity index (χ0v) is 19.1. The summed E-state index contributed by atoms with van der Waals surface area (Å²) in [7, 11) is 2.99. The van der Waals surface area contributed by atoms with Crippen molar-refractivity contribution in [1.29, 1.82) is 0 Å². The van der Waals surface area contributed by atoms with E-state index in [1.807, 2.05) is 54.6 Å². The number of carbonyl (C=O) groups excluding carboxylic acids is 2. The molecule has 0 unspecified atom stereocenters. The molecular weight excluding hydrogens is 476 g/mol. The second-order valence-corrected chi connectivity index (χ2v) is 9.13. The van der Waals surface area contributed by atoms with Crippen LogP contribution in [0.15, 0.2) is 65.3 Å². The fourth-order valence-corrected chi connectivity index (χ4v) is 5.52. The van der Waals surface area contributed by atoms with Crippen molar-refractivity contribution in [2.75, 3.05) is 7.11 Å². The third-order valence-electron chi connectivity index (χ3n) is 6.53. The molecule has 0 spiro atoms. The maximum atomic E-state index is 14.0. The topological polar surface area (TPSA) is 90.7 Å². The van der Waals surface area contributed by atoms with Gasteiger partial charge in [0.2, 0.25) is 5.60 Å². The van der Waals surface area contributed by atoms with Crippen LogP contribution in [0.25, 0.3) is 0 Å². The first-order valence-electron chi connectivity index (χ1n) is 10.2. The van der Waals surface area contributed by atoms with E-state index in [0.717, 1.165) is 10.0 Å². The Kier molecular flexibility index (Phi) is 4.76. The Morgan fingerprint density at radius 3 is 2.56 bits per heavy atom. The number of nitrogens with zero attached hydrogens (tertiary/aromatic N) is 2. The summed E-state index contributed by atoms with van der Waals surface area (Å²) in [5.74, 6) is -2.20. The predicted molar refractivity (Wildman–Crippen MR) is 118 cm³/mol. The molecule has 1 fully saturated rings. The van der Waals surface area contributed by atoms with E-state index in [2.05, 4.69) is 21.0 Å². The van der Waals surface area contributed by atoms with Crippen molar-refractivity contribution in [1.82, 2.24) is 9.78 Å². The lowest BCUT2D eigenvalue weighted by molar-refractivity contribution is -0.153. The number of rotatable bonds is 4. The molecule has 1 aromatic heterocycles. The minimum absolute atomic E-state index is 0.168. The Hall–Kier alpha value is -2.97. The normalized spacial score (nSPS) is 28.2. The second-order valence-electron chi connectivity index (χ2n) is 8.21. The number of hydrogen-bond donors (Lipinski definition) is 1. The lowest BCUT2D eigenvalue weighted by Crippen LogP contribution is -2.51. The minimum atomic E-state index is -2.07. The molecule has 1 saturated carbocycles. The summed E-state index contributed by atoms with van der Waals surface area (Å²) in [6.45, 7) is 0. The first-order chi connectivity index (χ1) is 15.3. The van der Waals surface area contributed by atoms with Crippen molar-refractivity contribution in [2.45, 2.75) is 23.5 Å². The van der Waals surface area contributed by atoms with Crippen molar-refractivity contribution in [2.24, 2.45) is 13.0 Å². The van der Waals surface area contributed by atoms with E-state index in [9.17, 15) is 14.7 Å². The quantitative estimate of drug-likeness (QED) is 0.557. The maximum absolute atomic E-state index is 14.0. The summed E-state index contributed by atoms with van der Waals surface area (Å²) in [6, 6.07) is 16.7. The van der Waals surface area contributed by atoms with Gasteiger partial charge in [-0.1, -0.05) is 58.4 Å². The highest BCUT2D eigenvalue weighted by molar-refractivity contribution is 9.10. The highest BCUT2D eigenvalue weighted by atomic mass is 79.9. The Morgan fingerprint density at radius 2 is 1.91 bits per heavy atom. The maximum Gasteiger partial charge on any atom is 0.306 e. The van der Waals surface area contributed by atoms with E-state index in [-0.39, 0.29) is 12.1 Å². The number of hydrogen-bond acceptors (Lipinski definition) is 6. The van der Waals surface area contributed by atoms with Gasteiger partial charge in [0, 0.05) is 23.4 Å². The van der Waals surface area contributed by atoms with Crippen LogP contribution < -0.4 is 4.74 Å². The summed E-state index contributed by atoms with van der Waals surface area (Å²) < 4.78 is 13.8. The van der Waals surface area contributed by atoms with E-state index in [4.69, 9.17) is 9.47 Å². The monoisotopic (exact) mass is 496 g/mol. The second kappa shape index (κ2) is 7.28. The van der Waals surface area contributed by atoms with Crippen molar-refractivity contribution < 1.29 is 24.2 Å². The Morgan fingerprint density at radius 1 is 1.22 bits per heavy atom. The third-order valence-corrected chi connectivity index (χ3v) is 7.05. The molecule has 2 aromatic carbocycles. The van der Waals surface area contributed by atoms with Gasteiger partial charge >= 0.3 is 5.97 Å². The molecule has 7 nitrogen and oxygen atoms in total. The number of aromatic nitrogens is 2. The highest BCUT2D eigenvalue weighted by Crippen LogP contribution is 2.67. The van der Waals surface area contributed by atoms with Gasteiger partial charge < -0.3 is 14.6 Å². The number of Topliss-reactive ketones (excluding diaryl/α,β-unsaturated/α-hetero) is 1. The van der Waals surface area contributed by atoms with Crippen LogP contribution in [0.1, 0.15) is 29.2 Å². The number of methoxy groups -OCH3 is 1. The zero-order valence-electron chi connectivity index (χ0n) is 17.5. The molecule has 4 atom stereocenters. The number of aryl methyl sites for hydroxylation is 1. The molecule has 0 amide bonds. The van der Waals surface area contributed by atoms with Crippen LogP contribution in [0.3, 0.4) is 0 Å². The van der Waals surface area contributed by atoms with Crippen molar-refractivity contribution in [3.63, 3.8) is 0 Å². The molecule has 0 saturated heterocycles. The van der Waals surface area contributed by atoms with Gasteiger partial charge in [0.1, 0.15) is 5.69 Å². The van der Waals surface area contributed by atoms with Crippen molar-refractivity contribution in [3.05, 3.63) is 82.1 Å². The Bertz CT molecular complexity index is 1210. The fraction of sp³-hybridized carbons (Fsp3) is 0.292. The van der Waals surface area contributed by atoms with Crippen LogP contribution in [0.5, 0.6) is 5.75 Å².